The Morgan fingerprint density at radius 1 is 1.06 bits per heavy atom. The summed E-state index contributed by atoms with van der Waals surface area (Å²) in [7, 11) is 0. The number of aromatic nitrogens is 4. The maximum Gasteiger partial charge on any atom is 0.227 e. The lowest BCUT2D eigenvalue weighted by Crippen LogP contribution is -2.46. The Bertz CT molecular complexity index is 1240. The summed E-state index contributed by atoms with van der Waals surface area (Å²) >= 11 is 6.72. The van der Waals surface area contributed by atoms with Crippen LogP contribution in [0.5, 0.6) is 0 Å². The van der Waals surface area contributed by atoms with Gasteiger partial charge in [-0.1, -0.05) is 11.6 Å². The van der Waals surface area contributed by atoms with Crippen molar-refractivity contribution in [3.05, 3.63) is 41.3 Å². The minimum absolute atomic E-state index is 0.119. The summed E-state index contributed by atoms with van der Waals surface area (Å²) in [6.07, 6.45) is 11.4. The van der Waals surface area contributed by atoms with E-state index in [1.54, 1.807) is 0 Å². The third-order valence-corrected chi connectivity index (χ3v) is 9.07. The van der Waals surface area contributed by atoms with Gasteiger partial charge in [-0.25, -0.2) is 9.97 Å². The molecule has 0 spiro atoms. The zero-order valence-corrected chi connectivity index (χ0v) is 20.4. The Morgan fingerprint density at radius 3 is 2.66 bits per heavy atom. The Labute approximate surface area is 209 Å². The number of fused-ring (bicyclic) bond motifs is 2. The van der Waals surface area contributed by atoms with E-state index >= 15 is 0 Å². The number of benzene rings is 1. The predicted molar refractivity (Wildman–Crippen MR) is 134 cm³/mol. The normalized spacial score (nSPS) is 31.2. The van der Waals surface area contributed by atoms with Crippen LogP contribution in [-0.4, -0.2) is 68.2 Å². The van der Waals surface area contributed by atoms with Gasteiger partial charge in [0, 0.05) is 22.8 Å². The van der Waals surface area contributed by atoms with Gasteiger partial charge in [-0.05, 0) is 80.6 Å². The molecular weight excluding hydrogens is 464 g/mol. The molecular formula is C26H31ClN6O2. The fourth-order valence-electron chi connectivity index (χ4n) is 6.73. The van der Waals surface area contributed by atoms with E-state index in [4.69, 9.17) is 21.3 Å². The number of hydrogen-bond donors (Lipinski definition) is 2. The monoisotopic (exact) mass is 494 g/mol. The van der Waals surface area contributed by atoms with Gasteiger partial charge < -0.3 is 15.2 Å². The Morgan fingerprint density at radius 2 is 1.91 bits per heavy atom. The van der Waals surface area contributed by atoms with Crippen LogP contribution in [0.1, 0.15) is 49.6 Å². The molecule has 2 aliphatic heterocycles. The first-order valence-corrected chi connectivity index (χ1v) is 13.3. The second kappa shape index (κ2) is 8.69. The van der Waals surface area contributed by atoms with Crippen molar-refractivity contribution in [3.63, 3.8) is 0 Å². The number of likely N-dealkylation sites (tertiary alicyclic amines) is 1. The van der Waals surface area contributed by atoms with Gasteiger partial charge in [0.1, 0.15) is 0 Å². The lowest BCUT2D eigenvalue weighted by Gasteiger charge is -2.36. The zero-order valence-electron chi connectivity index (χ0n) is 19.7. The molecule has 2 saturated heterocycles. The summed E-state index contributed by atoms with van der Waals surface area (Å²) in [4.78, 5) is 11.7. The average Bonchev–Trinajstić information content (AvgIpc) is 3.63. The molecule has 0 amide bonds. The number of anilines is 2. The van der Waals surface area contributed by atoms with Crippen LogP contribution >= 0.6 is 11.6 Å². The molecule has 8 rings (SSSR count). The molecule has 2 N–H and O–H groups in total. The third kappa shape index (κ3) is 4.00. The molecule has 3 aromatic rings. The first-order chi connectivity index (χ1) is 17.1. The molecule has 5 aliphatic rings. The molecule has 35 heavy (non-hydrogen) atoms. The van der Waals surface area contributed by atoms with Crippen molar-refractivity contribution in [3.8, 4) is 0 Å². The van der Waals surface area contributed by atoms with E-state index in [9.17, 15) is 5.11 Å². The summed E-state index contributed by atoms with van der Waals surface area (Å²) in [5, 5.41) is 19.8. The third-order valence-electron chi connectivity index (χ3n) is 8.75. The van der Waals surface area contributed by atoms with Crippen LogP contribution in [0.3, 0.4) is 0 Å². The largest absolute Gasteiger partial charge is 0.389 e. The Kier molecular flexibility index (Phi) is 5.46. The van der Waals surface area contributed by atoms with Gasteiger partial charge >= 0.3 is 0 Å². The van der Waals surface area contributed by atoms with E-state index < -0.39 is 0 Å². The van der Waals surface area contributed by atoms with Crippen molar-refractivity contribution >= 4 is 34.1 Å². The highest BCUT2D eigenvalue weighted by Gasteiger charge is 2.45. The average molecular weight is 495 g/mol. The molecule has 2 bridgehead atoms. The van der Waals surface area contributed by atoms with E-state index in [0.29, 0.717) is 31.1 Å². The maximum absolute atomic E-state index is 10.2. The van der Waals surface area contributed by atoms with Crippen LogP contribution in [0.4, 0.5) is 11.6 Å². The zero-order chi connectivity index (χ0) is 23.5. The number of rotatable bonds is 5. The van der Waals surface area contributed by atoms with Gasteiger partial charge in [0.05, 0.1) is 48.8 Å². The van der Waals surface area contributed by atoms with Crippen LogP contribution in [0.15, 0.2) is 30.7 Å². The van der Waals surface area contributed by atoms with Gasteiger partial charge in [-0.15, -0.1) is 0 Å². The fraction of sp³-hybridized carbons (Fsp3) is 0.577. The summed E-state index contributed by atoms with van der Waals surface area (Å²) in [6, 6.07) is 4.79. The number of nitrogens with one attached hydrogen (secondary N) is 1. The van der Waals surface area contributed by atoms with Crippen LogP contribution in [-0.2, 0) is 4.74 Å². The van der Waals surface area contributed by atoms with Crippen molar-refractivity contribution in [1.29, 1.82) is 0 Å². The molecule has 9 heteroatoms. The predicted octanol–water partition coefficient (Wildman–Crippen LogP) is 4.13. The first kappa shape index (κ1) is 22.0. The van der Waals surface area contributed by atoms with Crippen LogP contribution in [0.25, 0.3) is 10.9 Å². The van der Waals surface area contributed by atoms with Crippen molar-refractivity contribution in [2.75, 3.05) is 31.6 Å². The second-order valence-corrected chi connectivity index (χ2v) is 11.3. The number of aliphatic hydroxyl groups excluding tert-OH is 1. The molecule has 3 saturated carbocycles. The molecule has 5 fully saturated rings. The van der Waals surface area contributed by atoms with E-state index in [1.165, 1.54) is 19.3 Å². The minimum Gasteiger partial charge on any atom is -0.389 e. The van der Waals surface area contributed by atoms with E-state index in [0.717, 1.165) is 64.9 Å². The lowest BCUT2D eigenvalue weighted by molar-refractivity contribution is 0.0663. The van der Waals surface area contributed by atoms with Crippen molar-refractivity contribution < 1.29 is 9.84 Å². The molecule has 2 aromatic heterocycles. The number of aliphatic hydroxyl groups is 1. The fourth-order valence-corrected chi connectivity index (χ4v) is 7.05. The summed E-state index contributed by atoms with van der Waals surface area (Å²) in [6.45, 7) is 2.94. The van der Waals surface area contributed by atoms with Gasteiger partial charge in [0.15, 0.2) is 0 Å². The van der Waals surface area contributed by atoms with Crippen LogP contribution < -0.4 is 5.32 Å². The number of halogens is 1. The minimum atomic E-state index is -0.380. The van der Waals surface area contributed by atoms with Crippen molar-refractivity contribution in [2.45, 2.75) is 56.2 Å². The molecule has 8 nitrogen and oxygen atoms in total. The van der Waals surface area contributed by atoms with E-state index in [2.05, 4.69) is 37.2 Å². The quantitative estimate of drug-likeness (QED) is 0.551. The molecule has 3 aliphatic carbocycles. The molecule has 0 radical (unpaired) electrons. The van der Waals surface area contributed by atoms with Gasteiger partial charge in [-0.3, -0.25) is 9.58 Å². The van der Waals surface area contributed by atoms with Crippen molar-refractivity contribution in [2.24, 2.45) is 11.8 Å². The summed E-state index contributed by atoms with van der Waals surface area (Å²) < 4.78 is 7.58. The molecule has 1 aromatic carbocycles. The van der Waals surface area contributed by atoms with Crippen LogP contribution in [0.2, 0.25) is 5.02 Å². The van der Waals surface area contributed by atoms with E-state index in [1.807, 2.05) is 18.5 Å². The first-order valence-electron chi connectivity index (χ1n) is 12.9. The molecule has 1 unspecified atom stereocenters. The van der Waals surface area contributed by atoms with Crippen molar-refractivity contribution in [1.82, 2.24) is 24.6 Å². The lowest BCUT2D eigenvalue weighted by atomic mass is 9.84. The maximum atomic E-state index is 10.2. The second-order valence-electron chi connectivity index (χ2n) is 10.8. The number of ether oxygens (including phenoxy) is 1. The topological polar surface area (TPSA) is 88.3 Å². The smallest absolute Gasteiger partial charge is 0.227 e. The molecule has 4 heterocycles. The number of piperidine rings is 1. The Hall–Kier alpha value is -2.26. The summed E-state index contributed by atoms with van der Waals surface area (Å²) in [5.74, 6) is 2.67. The van der Waals surface area contributed by atoms with Gasteiger partial charge in [0.25, 0.3) is 0 Å². The number of hydrogen-bond acceptors (Lipinski definition) is 7. The SMILES string of the molecule is O[C@@H]1COCC1N1CCC(c2cc3nc(Nc4cnn([C@@H]5CC6CC5C6)c4)ncc3cc2Cl)CC1. The highest BCUT2D eigenvalue weighted by Crippen LogP contribution is 2.54. The molecule has 184 valence electrons. The highest BCUT2D eigenvalue weighted by molar-refractivity contribution is 6.32. The van der Waals surface area contributed by atoms with Crippen LogP contribution in [0, 0.1) is 11.8 Å². The van der Waals surface area contributed by atoms with Gasteiger partial charge in [0.2, 0.25) is 5.95 Å². The Balaban J connectivity index is 1.07. The van der Waals surface area contributed by atoms with E-state index in [-0.39, 0.29) is 12.1 Å². The highest BCUT2D eigenvalue weighted by atomic mass is 35.5. The molecule has 3 atom stereocenters. The summed E-state index contributed by atoms with van der Waals surface area (Å²) in [5.41, 5.74) is 2.97. The number of nitrogens with zero attached hydrogens (tertiary/aromatic N) is 5. The van der Waals surface area contributed by atoms with Gasteiger partial charge in [-0.2, -0.15) is 5.10 Å². The standard InChI is InChI=1S/C26H31ClN6O2/c27-21-8-18-10-28-26(30-19-11-29-33(12-19)23-7-15-5-17(23)6-15)31-22(18)9-20(21)16-1-3-32(4-2-16)24-13-35-14-25(24)34/h8-12,15-17,23-25,34H,1-7,13-14H2,(H,28,30,31)/t15?,17?,23-,24?,25-/m1/s1.